The topological polar surface area (TPSA) is 108 Å². The average Bonchev–Trinajstić information content (AvgIpc) is 2.84. The van der Waals surface area contributed by atoms with Crippen LogP contribution in [0.3, 0.4) is 0 Å². The van der Waals surface area contributed by atoms with Gasteiger partial charge in [-0.15, -0.1) is 0 Å². The molecule has 160 valence electrons. The molecule has 1 aromatic heterocycles. The second-order valence-electron chi connectivity index (χ2n) is 7.08. The van der Waals surface area contributed by atoms with Crippen molar-refractivity contribution in [1.29, 1.82) is 0 Å². The van der Waals surface area contributed by atoms with Gasteiger partial charge in [0.15, 0.2) is 6.61 Å². The molecule has 1 saturated heterocycles. The van der Waals surface area contributed by atoms with Crippen molar-refractivity contribution < 1.29 is 19.1 Å². The molecule has 0 spiro atoms. The first-order valence-corrected chi connectivity index (χ1v) is 10.0. The second kappa shape index (κ2) is 9.33. The summed E-state index contributed by atoms with van der Waals surface area (Å²) in [7, 11) is 0. The molecular formula is C21H22N6O4. The highest BCUT2D eigenvalue weighted by Gasteiger charge is 2.28. The minimum absolute atomic E-state index is 0.127. The van der Waals surface area contributed by atoms with Crippen LogP contribution in [0, 0.1) is 0 Å². The highest BCUT2D eigenvalue weighted by molar-refractivity contribution is 6.38. The largest absolute Gasteiger partial charge is 0.451 e. The van der Waals surface area contributed by atoms with Crippen molar-refractivity contribution in [3.05, 3.63) is 48.8 Å². The molecule has 2 aliphatic rings. The first-order valence-electron chi connectivity index (χ1n) is 10.0. The van der Waals surface area contributed by atoms with E-state index >= 15 is 0 Å². The molecule has 10 nitrogen and oxygen atoms in total. The number of aromatic nitrogens is 2. The third-order valence-corrected chi connectivity index (χ3v) is 5.06. The van der Waals surface area contributed by atoms with Crippen molar-refractivity contribution in [1.82, 2.24) is 14.9 Å². The number of rotatable bonds is 5. The van der Waals surface area contributed by atoms with E-state index in [2.05, 4.69) is 15.1 Å². The summed E-state index contributed by atoms with van der Waals surface area (Å²) >= 11 is 0. The van der Waals surface area contributed by atoms with Crippen molar-refractivity contribution in [2.24, 2.45) is 5.10 Å². The molecule has 0 atom stereocenters. The molecule has 2 aliphatic heterocycles. The molecule has 31 heavy (non-hydrogen) atoms. The van der Waals surface area contributed by atoms with E-state index in [1.165, 1.54) is 5.01 Å². The van der Waals surface area contributed by atoms with E-state index in [1.54, 1.807) is 47.6 Å². The minimum atomic E-state index is -0.682. The molecule has 0 unspecified atom stereocenters. The predicted octanol–water partition coefficient (Wildman–Crippen LogP) is 0.851. The van der Waals surface area contributed by atoms with Crippen molar-refractivity contribution in [2.45, 2.75) is 12.8 Å². The van der Waals surface area contributed by atoms with Crippen LogP contribution in [-0.2, 0) is 19.1 Å². The van der Waals surface area contributed by atoms with Crippen molar-refractivity contribution in [2.75, 3.05) is 42.7 Å². The Morgan fingerprint density at radius 3 is 2.35 bits per heavy atom. The quantitative estimate of drug-likeness (QED) is 0.657. The summed E-state index contributed by atoms with van der Waals surface area (Å²) in [6.45, 7) is 1.83. The fourth-order valence-electron chi connectivity index (χ4n) is 3.38. The van der Waals surface area contributed by atoms with Crippen molar-refractivity contribution in [3.63, 3.8) is 0 Å². The molecule has 0 aliphatic carbocycles. The van der Waals surface area contributed by atoms with E-state index in [1.807, 2.05) is 11.0 Å². The predicted molar refractivity (Wildman–Crippen MR) is 112 cm³/mol. The van der Waals surface area contributed by atoms with E-state index in [9.17, 15) is 14.4 Å². The molecule has 1 fully saturated rings. The Balaban J connectivity index is 1.29. The second-order valence-corrected chi connectivity index (χ2v) is 7.08. The van der Waals surface area contributed by atoms with E-state index in [0.717, 1.165) is 0 Å². The van der Waals surface area contributed by atoms with Gasteiger partial charge in [0, 0.05) is 51.4 Å². The Kier molecular flexibility index (Phi) is 6.16. The number of esters is 1. The molecule has 0 saturated carbocycles. The first-order chi connectivity index (χ1) is 15.1. The summed E-state index contributed by atoms with van der Waals surface area (Å²) in [5.41, 5.74) is 0.705. The SMILES string of the molecule is O=C(OCC(=O)N1CCN(c2ncccn2)CC1)C1=NN(c2ccccc2)C(=O)CC1. The number of ether oxygens (including phenoxy) is 1. The Morgan fingerprint density at radius 1 is 0.935 bits per heavy atom. The van der Waals surface area contributed by atoms with Gasteiger partial charge in [0.2, 0.25) is 11.9 Å². The van der Waals surface area contributed by atoms with Crippen LogP contribution in [0.2, 0.25) is 0 Å². The molecule has 4 rings (SSSR count). The molecule has 0 radical (unpaired) electrons. The first kappa shape index (κ1) is 20.5. The van der Waals surface area contributed by atoms with Gasteiger partial charge in [-0.3, -0.25) is 9.59 Å². The van der Waals surface area contributed by atoms with E-state index < -0.39 is 5.97 Å². The van der Waals surface area contributed by atoms with Crippen LogP contribution in [0.1, 0.15) is 12.8 Å². The maximum Gasteiger partial charge on any atom is 0.355 e. The monoisotopic (exact) mass is 422 g/mol. The summed E-state index contributed by atoms with van der Waals surface area (Å²) in [5.74, 6) is -0.513. The van der Waals surface area contributed by atoms with Gasteiger partial charge in [0.25, 0.3) is 5.91 Å². The third kappa shape index (κ3) is 4.85. The number of nitrogens with zero attached hydrogens (tertiary/aromatic N) is 6. The van der Waals surface area contributed by atoms with Gasteiger partial charge in [-0.05, 0) is 18.2 Å². The van der Waals surface area contributed by atoms with Crippen LogP contribution in [0.15, 0.2) is 53.9 Å². The molecule has 1 aromatic carbocycles. The summed E-state index contributed by atoms with van der Waals surface area (Å²) < 4.78 is 5.19. The normalized spacial score (nSPS) is 16.7. The van der Waals surface area contributed by atoms with Gasteiger partial charge in [0.1, 0.15) is 5.71 Å². The molecule has 10 heteroatoms. The summed E-state index contributed by atoms with van der Waals surface area (Å²) in [5, 5.41) is 5.35. The number of hydrazone groups is 1. The fourth-order valence-corrected chi connectivity index (χ4v) is 3.38. The van der Waals surface area contributed by atoms with E-state index in [-0.39, 0.29) is 37.0 Å². The van der Waals surface area contributed by atoms with Crippen LogP contribution in [0.25, 0.3) is 0 Å². The molecule has 3 heterocycles. The fraction of sp³-hybridized carbons (Fsp3) is 0.333. The van der Waals surface area contributed by atoms with Crippen molar-refractivity contribution >= 4 is 35.1 Å². The highest BCUT2D eigenvalue weighted by Crippen LogP contribution is 2.20. The molecule has 0 N–H and O–H groups in total. The molecule has 0 bridgehead atoms. The maximum absolute atomic E-state index is 12.5. The number of para-hydroxylation sites is 1. The number of piperazine rings is 1. The number of amides is 2. The van der Waals surface area contributed by atoms with Gasteiger partial charge in [-0.1, -0.05) is 18.2 Å². The third-order valence-electron chi connectivity index (χ3n) is 5.06. The lowest BCUT2D eigenvalue weighted by atomic mass is 10.1. The molecular weight excluding hydrogens is 400 g/mol. The number of benzene rings is 1. The van der Waals surface area contributed by atoms with Gasteiger partial charge < -0.3 is 14.5 Å². The van der Waals surface area contributed by atoms with Crippen molar-refractivity contribution in [3.8, 4) is 0 Å². The van der Waals surface area contributed by atoms with Crippen LogP contribution in [-0.4, -0.2) is 71.1 Å². The zero-order valence-corrected chi connectivity index (χ0v) is 16.9. The van der Waals surface area contributed by atoms with Crippen LogP contribution in [0.5, 0.6) is 0 Å². The van der Waals surface area contributed by atoms with Crippen LogP contribution < -0.4 is 9.91 Å². The van der Waals surface area contributed by atoms with E-state index in [4.69, 9.17) is 4.74 Å². The zero-order chi connectivity index (χ0) is 21.6. The Hall–Kier alpha value is -3.82. The summed E-state index contributed by atoms with van der Waals surface area (Å²) in [4.78, 5) is 49.1. The Bertz CT molecular complexity index is 974. The number of hydrogen-bond donors (Lipinski definition) is 0. The van der Waals surface area contributed by atoms with Crippen LogP contribution in [0.4, 0.5) is 11.6 Å². The standard InChI is InChI=1S/C21H22N6O4/c28-18-8-7-17(24-27(18)16-5-2-1-3-6-16)20(30)31-15-19(29)25-11-13-26(14-12-25)21-22-9-4-10-23-21/h1-6,9-10H,7-8,11-15H2. The van der Waals surface area contributed by atoms with Gasteiger partial charge in [-0.25, -0.2) is 19.8 Å². The lowest BCUT2D eigenvalue weighted by molar-refractivity contribution is -0.147. The van der Waals surface area contributed by atoms with Gasteiger partial charge in [0.05, 0.1) is 5.69 Å². The number of carbonyl (C=O) groups is 3. The average molecular weight is 422 g/mol. The number of hydrogen-bond acceptors (Lipinski definition) is 8. The summed E-state index contributed by atoms with van der Waals surface area (Å²) in [6, 6.07) is 10.6. The smallest absolute Gasteiger partial charge is 0.355 e. The number of carbonyl (C=O) groups excluding carboxylic acids is 3. The lowest BCUT2D eigenvalue weighted by Crippen LogP contribution is -2.50. The zero-order valence-electron chi connectivity index (χ0n) is 16.9. The van der Waals surface area contributed by atoms with Gasteiger partial charge in [-0.2, -0.15) is 5.10 Å². The molecule has 2 aromatic rings. The minimum Gasteiger partial charge on any atom is -0.451 e. The lowest BCUT2D eigenvalue weighted by Gasteiger charge is -2.34. The highest BCUT2D eigenvalue weighted by atomic mass is 16.5. The maximum atomic E-state index is 12.5. The Morgan fingerprint density at radius 2 is 1.65 bits per heavy atom. The summed E-state index contributed by atoms with van der Waals surface area (Å²) in [6.07, 6.45) is 3.70. The Labute approximate surface area is 179 Å². The van der Waals surface area contributed by atoms with Crippen LogP contribution >= 0.6 is 0 Å². The van der Waals surface area contributed by atoms with Gasteiger partial charge >= 0.3 is 5.97 Å². The number of anilines is 2. The molecule has 2 amide bonds. The van der Waals surface area contributed by atoms with E-state index in [0.29, 0.717) is 37.8 Å².